The number of piperidine rings is 1. The predicted octanol–water partition coefficient (Wildman–Crippen LogP) is 3.20. The van der Waals surface area contributed by atoms with Gasteiger partial charge in [0, 0.05) is 12.1 Å². The van der Waals surface area contributed by atoms with E-state index in [1.54, 1.807) is 0 Å². The Morgan fingerprint density at radius 1 is 1.08 bits per heavy atom. The quantitative estimate of drug-likeness (QED) is 0.639. The molecular weight excluding hydrogens is 146 g/mol. The van der Waals surface area contributed by atoms with Crippen molar-refractivity contribution in [3.05, 3.63) is 0 Å². The van der Waals surface area contributed by atoms with Crippen LogP contribution in [-0.4, -0.2) is 12.1 Å². The van der Waals surface area contributed by atoms with Crippen LogP contribution < -0.4 is 5.32 Å². The van der Waals surface area contributed by atoms with Gasteiger partial charge in [-0.25, -0.2) is 0 Å². The summed E-state index contributed by atoms with van der Waals surface area (Å²) in [6, 6.07) is 1.49. The van der Waals surface area contributed by atoms with Gasteiger partial charge in [-0.3, -0.25) is 0 Å². The first-order valence-electron chi connectivity index (χ1n) is 5.48. The molecule has 1 nitrogen and oxygen atoms in total. The van der Waals surface area contributed by atoms with Crippen LogP contribution in [0.5, 0.6) is 0 Å². The van der Waals surface area contributed by atoms with Crippen LogP contribution >= 0.6 is 0 Å². The fourth-order valence-corrected chi connectivity index (χ4v) is 2.05. The molecule has 0 bridgehead atoms. The lowest BCUT2D eigenvalue weighted by Gasteiger charge is -2.32. The Morgan fingerprint density at radius 2 is 1.50 bits per heavy atom. The minimum Gasteiger partial charge on any atom is -0.312 e. The molecule has 0 aromatic heterocycles. The first-order chi connectivity index (χ1) is 5.72. The zero-order chi connectivity index (χ0) is 9.56. The van der Waals surface area contributed by atoms with Crippen LogP contribution in [0, 0.1) is 5.92 Å². The first-order valence-corrected chi connectivity index (χ1v) is 5.48. The second-order valence-corrected chi connectivity index (χ2v) is 3.71. The number of rotatable bonds is 1. The molecule has 74 valence electrons. The molecule has 0 radical (unpaired) electrons. The van der Waals surface area contributed by atoms with E-state index in [0.717, 1.165) is 18.0 Å². The summed E-state index contributed by atoms with van der Waals surface area (Å²) in [6.45, 7) is 10.9. The van der Waals surface area contributed by atoms with E-state index in [9.17, 15) is 0 Å². The minimum absolute atomic E-state index is 0.744. The summed E-state index contributed by atoms with van der Waals surface area (Å²) in [5.74, 6) is 0.978. The van der Waals surface area contributed by atoms with Crippen molar-refractivity contribution in [3.8, 4) is 0 Å². The second-order valence-electron chi connectivity index (χ2n) is 3.71. The monoisotopic (exact) mass is 171 g/mol. The molecule has 1 heterocycles. The number of hydrogen-bond acceptors (Lipinski definition) is 1. The van der Waals surface area contributed by atoms with Crippen LogP contribution in [0.2, 0.25) is 0 Å². The van der Waals surface area contributed by atoms with Crippen molar-refractivity contribution in [1.82, 2.24) is 5.32 Å². The van der Waals surface area contributed by atoms with Crippen LogP contribution in [0.15, 0.2) is 0 Å². The van der Waals surface area contributed by atoms with Crippen molar-refractivity contribution in [2.24, 2.45) is 5.92 Å². The van der Waals surface area contributed by atoms with E-state index in [1.807, 2.05) is 13.8 Å². The van der Waals surface area contributed by atoms with E-state index in [2.05, 4.69) is 26.1 Å². The number of hydrogen-bond donors (Lipinski definition) is 1. The van der Waals surface area contributed by atoms with Gasteiger partial charge >= 0.3 is 0 Å². The van der Waals surface area contributed by atoms with E-state index in [4.69, 9.17) is 0 Å². The minimum atomic E-state index is 0.744. The van der Waals surface area contributed by atoms with Crippen molar-refractivity contribution < 1.29 is 0 Å². The fourth-order valence-electron chi connectivity index (χ4n) is 2.05. The highest BCUT2D eigenvalue weighted by atomic mass is 14.9. The summed E-state index contributed by atoms with van der Waals surface area (Å²) in [5.41, 5.74) is 0. The van der Waals surface area contributed by atoms with Gasteiger partial charge < -0.3 is 5.32 Å². The maximum Gasteiger partial charge on any atom is 0.00438 e. The van der Waals surface area contributed by atoms with Crippen molar-refractivity contribution in [1.29, 1.82) is 0 Å². The van der Waals surface area contributed by atoms with Crippen molar-refractivity contribution >= 4 is 0 Å². The standard InChI is InChI=1S/C9H19N.C2H6/c1-4-9-5-7(2)10-8(3)6-9;1-2/h7-10H,4-6H2,1-3H3;1-2H3. The topological polar surface area (TPSA) is 12.0 Å². The predicted molar refractivity (Wildman–Crippen MR) is 56.4 cm³/mol. The Labute approximate surface area is 77.9 Å². The second kappa shape index (κ2) is 6.47. The molecule has 1 N–H and O–H groups in total. The largest absolute Gasteiger partial charge is 0.312 e. The Morgan fingerprint density at radius 3 is 1.83 bits per heavy atom. The highest BCUT2D eigenvalue weighted by Crippen LogP contribution is 2.22. The van der Waals surface area contributed by atoms with Crippen LogP contribution in [0.1, 0.15) is 53.9 Å². The highest BCUT2D eigenvalue weighted by molar-refractivity contribution is 4.79. The van der Waals surface area contributed by atoms with Gasteiger partial charge in [0.2, 0.25) is 0 Å². The lowest BCUT2D eigenvalue weighted by Crippen LogP contribution is -2.42. The van der Waals surface area contributed by atoms with Crippen LogP contribution in [0.4, 0.5) is 0 Å². The van der Waals surface area contributed by atoms with Crippen LogP contribution in [0.25, 0.3) is 0 Å². The molecule has 12 heavy (non-hydrogen) atoms. The SMILES string of the molecule is CC.CCC1CC(C)NC(C)C1. The lowest BCUT2D eigenvalue weighted by atomic mass is 9.87. The smallest absolute Gasteiger partial charge is 0.00438 e. The number of nitrogens with one attached hydrogen (secondary N) is 1. The Kier molecular flexibility index (Phi) is 6.45. The van der Waals surface area contributed by atoms with Gasteiger partial charge in [0.25, 0.3) is 0 Å². The van der Waals surface area contributed by atoms with Gasteiger partial charge in [0.05, 0.1) is 0 Å². The lowest BCUT2D eigenvalue weighted by molar-refractivity contribution is 0.258. The van der Waals surface area contributed by atoms with Gasteiger partial charge in [0.15, 0.2) is 0 Å². The molecule has 0 saturated carbocycles. The third-order valence-corrected chi connectivity index (χ3v) is 2.52. The van der Waals surface area contributed by atoms with E-state index in [-0.39, 0.29) is 0 Å². The Bertz CT molecular complexity index is 91.2. The Balaban J connectivity index is 0.000000561. The van der Waals surface area contributed by atoms with Gasteiger partial charge in [-0.1, -0.05) is 27.2 Å². The summed E-state index contributed by atoms with van der Waals surface area (Å²) < 4.78 is 0. The molecule has 0 aliphatic carbocycles. The molecule has 1 heteroatoms. The van der Waals surface area contributed by atoms with Crippen LogP contribution in [-0.2, 0) is 0 Å². The molecule has 1 rings (SSSR count). The fraction of sp³-hybridized carbons (Fsp3) is 1.00. The molecule has 1 fully saturated rings. The maximum atomic E-state index is 3.54. The molecule has 0 aromatic carbocycles. The first kappa shape index (κ1) is 12.0. The maximum absolute atomic E-state index is 3.54. The van der Waals surface area contributed by atoms with Gasteiger partial charge in [0.1, 0.15) is 0 Å². The highest BCUT2D eigenvalue weighted by Gasteiger charge is 2.20. The molecule has 2 unspecified atom stereocenters. The Hall–Kier alpha value is -0.0400. The third kappa shape index (κ3) is 4.10. The zero-order valence-electron chi connectivity index (χ0n) is 9.35. The molecule has 1 saturated heterocycles. The molecular formula is C11H25N. The summed E-state index contributed by atoms with van der Waals surface area (Å²) >= 11 is 0. The zero-order valence-corrected chi connectivity index (χ0v) is 9.35. The van der Waals surface area contributed by atoms with Gasteiger partial charge in [-0.05, 0) is 32.6 Å². The van der Waals surface area contributed by atoms with Crippen molar-refractivity contribution in [2.45, 2.75) is 66.0 Å². The van der Waals surface area contributed by atoms with E-state index in [1.165, 1.54) is 19.3 Å². The normalized spacial score (nSPS) is 35.2. The summed E-state index contributed by atoms with van der Waals surface area (Å²) in [5, 5.41) is 3.54. The molecule has 0 spiro atoms. The summed E-state index contributed by atoms with van der Waals surface area (Å²) in [7, 11) is 0. The molecule has 2 atom stereocenters. The van der Waals surface area contributed by atoms with E-state index >= 15 is 0 Å². The summed E-state index contributed by atoms with van der Waals surface area (Å²) in [6.07, 6.45) is 4.11. The average Bonchev–Trinajstić information content (AvgIpc) is 2.06. The van der Waals surface area contributed by atoms with Gasteiger partial charge in [-0.15, -0.1) is 0 Å². The van der Waals surface area contributed by atoms with E-state index in [0.29, 0.717) is 0 Å². The molecule has 0 amide bonds. The van der Waals surface area contributed by atoms with E-state index < -0.39 is 0 Å². The third-order valence-electron chi connectivity index (χ3n) is 2.52. The van der Waals surface area contributed by atoms with Gasteiger partial charge in [-0.2, -0.15) is 0 Å². The van der Waals surface area contributed by atoms with Crippen molar-refractivity contribution in [2.75, 3.05) is 0 Å². The molecule has 0 aromatic rings. The van der Waals surface area contributed by atoms with Crippen molar-refractivity contribution in [3.63, 3.8) is 0 Å². The average molecular weight is 171 g/mol. The summed E-state index contributed by atoms with van der Waals surface area (Å²) in [4.78, 5) is 0. The van der Waals surface area contributed by atoms with Crippen LogP contribution in [0.3, 0.4) is 0 Å². The molecule has 1 aliphatic heterocycles. The molecule has 1 aliphatic rings.